The lowest BCUT2D eigenvalue weighted by Gasteiger charge is -2.22. The molecule has 0 aromatic heterocycles. The van der Waals surface area contributed by atoms with Gasteiger partial charge in [-0.3, -0.25) is 0 Å². The highest BCUT2D eigenvalue weighted by molar-refractivity contribution is 5.81. The van der Waals surface area contributed by atoms with E-state index in [1.165, 1.54) is 0 Å². The highest BCUT2D eigenvalue weighted by Gasteiger charge is 2.20. The third kappa shape index (κ3) is 7.33. The Morgan fingerprint density at radius 3 is 1.58 bits per heavy atom. The summed E-state index contributed by atoms with van der Waals surface area (Å²) in [5.41, 5.74) is 2.02. The van der Waals surface area contributed by atoms with Gasteiger partial charge in [0, 0.05) is 29.2 Å². The minimum atomic E-state index is -0.479. The van der Waals surface area contributed by atoms with E-state index in [1.54, 1.807) is 0 Å². The summed E-state index contributed by atoms with van der Waals surface area (Å²) in [4.78, 5) is 22.4. The van der Waals surface area contributed by atoms with Crippen LogP contribution >= 0.6 is 0 Å². The van der Waals surface area contributed by atoms with Crippen molar-refractivity contribution in [3.05, 3.63) is 85.0 Å². The molecule has 0 saturated heterocycles. The monoisotopic (exact) mass is 424 g/mol. The number of para-hydroxylation sites is 2. The van der Waals surface area contributed by atoms with Crippen molar-refractivity contribution in [1.29, 1.82) is 0 Å². The SMILES string of the molecule is C=CC(=O)OCCOc1ccccc1C(CC)c1ccccc1OCCOC(=O)C=C. The maximum atomic E-state index is 11.2. The van der Waals surface area contributed by atoms with E-state index in [1.807, 2.05) is 48.5 Å². The normalized spacial score (nSPS) is 10.3. The number of ether oxygens (including phenoxy) is 4. The summed E-state index contributed by atoms with van der Waals surface area (Å²) < 4.78 is 21.7. The van der Waals surface area contributed by atoms with Crippen molar-refractivity contribution in [3.8, 4) is 11.5 Å². The molecule has 2 aromatic rings. The lowest BCUT2D eigenvalue weighted by molar-refractivity contribution is -0.139. The van der Waals surface area contributed by atoms with Crippen LogP contribution in [0.3, 0.4) is 0 Å². The first kappa shape index (κ1) is 23.7. The van der Waals surface area contributed by atoms with Gasteiger partial charge in [-0.1, -0.05) is 56.5 Å². The molecule has 0 aliphatic rings. The Morgan fingerprint density at radius 2 is 1.19 bits per heavy atom. The second kappa shape index (κ2) is 12.9. The average molecular weight is 424 g/mol. The number of rotatable bonds is 13. The van der Waals surface area contributed by atoms with Gasteiger partial charge >= 0.3 is 11.9 Å². The lowest BCUT2D eigenvalue weighted by atomic mass is 9.88. The standard InChI is InChI=1S/C25H28O6/c1-4-19(20-11-7-9-13-22(20)28-15-17-30-24(26)5-2)21-12-8-10-14-23(21)29-16-18-31-25(27)6-3/h5-14,19H,2-4,15-18H2,1H3. The zero-order valence-electron chi connectivity index (χ0n) is 17.8. The first-order chi connectivity index (χ1) is 15.1. The van der Waals surface area contributed by atoms with E-state index < -0.39 is 11.9 Å². The molecule has 0 bridgehead atoms. The molecule has 0 atom stereocenters. The van der Waals surface area contributed by atoms with Crippen LogP contribution in [-0.4, -0.2) is 38.4 Å². The number of esters is 2. The number of benzene rings is 2. The number of carbonyl (C=O) groups is 2. The van der Waals surface area contributed by atoms with E-state index in [-0.39, 0.29) is 32.3 Å². The van der Waals surface area contributed by atoms with Crippen molar-refractivity contribution in [1.82, 2.24) is 0 Å². The van der Waals surface area contributed by atoms with Crippen LogP contribution in [0.2, 0.25) is 0 Å². The molecule has 164 valence electrons. The fraction of sp³-hybridized carbons (Fsp3) is 0.280. The van der Waals surface area contributed by atoms with Crippen LogP contribution in [0, 0.1) is 0 Å². The minimum absolute atomic E-state index is 0.0267. The Kier molecular flexibility index (Phi) is 9.88. The minimum Gasteiger partial charge on any atom is -0.490 e. The van der Waals surface area contributed by atoms with Crippen LogP contribution in [0.25, 0.3) is 0 Å². The molecule has 0 fully saturated rings. The van der Waals surface area contributed by atoms with Gasteiger partial charge in [-0.25, -0.2) is 9.59 Å². The van der Waals surface area contributed by atoms with Gasteiger partial charge < -0.3 is 18.9 Å². The fourth-order valence-electron chi connectivity index (χ4n) is 3.11. The molecular weight excluding hydrogens is 396 g/mol. The summed E-state index contributed by atoms with van der Waals surface area (Å²) in [6.45, 7) is 9.58. The van der Waals surface area contributed by atoms with Gasteiger partial charge in [-0.05, 0) is 18.6 Å². The summed E-state index contributed by atoms with van der Waals surface area (Å²) in [5, 5.41) is 0. The van der Waals surface area contributed by atoms with E-state index in [0.717, 1.165) is 41.2 Å². The summed E-state index contributed by atoms with van der Waals surface area (Å²) in [6.07, 6.45) is 3.06. The molecule has 6 nitrogen and oxygen atoms in total. The quantitative estimate of drug-likeness (QED) is 0.269. The van der Waals surface area contributed by atoms with Gasteiger partial charge in [0.2, 0.25) is 0 Å². The molecule has 0 heterocycles. The fourth-order valence-corrected chi connectivity index (χ4v) is 3.11. The van der Waals surface area contributed by atoms with E-state index >= 15 is 0 Å². The van der Waals surface area contributed by atoms with Gasteiger partial charge in [0.05, 0.1) is 0 Å². The predicted octanol–water partition coefficient (Wildman–Crippen LogP) is 4.44. The third-order valence-corrected chi connectivity index (χ3v) is 4.50. The van der Waals surface area contributed by atoms with Crippen LogP contribution < -0.4 is 9.47 Å². The predicted molar refractivity (Wildman–Crippen MR) is 118 cm³/mol. The first-order valence-electron chi connectivity index (χ1n) is 10.1. The summed E-state index contributed by atoms with van der Waals surface area (Å²) in [7, 11) is 0. The topological polar surface area (TPSA) is 71.1 Å². The molecule has 0 saturated carbocycles. The Hall–Kier alpha value is -3.54. The maximum absolute atomic E-state index is 11.2. The first-order valence-corrected chi connectivity index (χ1v) is 10.1. The second-order valence-corrected chi connectivity index (χ2v) is 6.48. The van der Waals surface area contributed by atoms with Crippen molar-refractivity contribution >= 4 is 11.9 Å². The Balaban J connectivity index is 2.13. The summed E-state index contributed by atoms with van der Waals surface area (Å²) in [6, 6.07) is 15.5. The van der Waals surface area contributed by atoms with E-state index in [9.17, 15) is 9.59 Å². The van der Waals surface area contributed by atoms with Gasteiger partial charge in [0.25, 0.3) is 0 Å². The molecule has 6 heteroatoms. The van der Waals surface area contributed by atoms with E-state index in [4.69, 9.17) is 18.9 Å². The Bertz CT molecular complexity index is 818. The molecule has 0 radical (unpaired) electrons. The molecule has 0 aliphatic heterocycles. The van der Waals surface area contributed by atoms with Crippen LogP contribution in [0.4, 0.5) is 0 Å². The van der Waals surface area contributed by atoms with Gasteiger partial charge in [-0.15, -0.1) is 0 Å². The highest BCUT2D eigenvalue weighted by atomic mass is 16.6. The highest BCUT2D eigenvalue weighted by Crippen LogP contribution is 2.38. The molecule has 0 N–H and O–H groups in total. The molecule has 2 rings (SSSR count). The zero-order valence-corrected chi connectivity index (χ0v) is 17.8. The van der Waals surface area contributed by atoms with Gasteiger partial charge in [0.1, 0.15) is 37.9 Å². The van der Waals surface area contributed by atoms with Crippen LogP contribution in [0.15, 0.2) is 73.8 Å². The largest absolute Gasteiger partial charge is 0.490 e. The van der Waals surface area contributed by atoms with Crippen molar-refractivity contribution < 1.29 is 28.5 Å². The van der Waals surface area contributed by atoms with E-state index in [0.29, 0.717) is 0 Å². The van der Waals surface area contributed by atoms with Crippen molar-refractivity contribution in [2.24, 2.45) is 0 Å². The summed E-state index contributed by atoms with van der Waals surface area (Å²) in [5.74, 6) is 0.512. The summed E-state index contributed by atoms with van der Waals surface area (Å²) >= 11 is 0. The third-order valence-electron chi connectivity index (χ3n) is 4.50. The molecule has 31 heavy (non-hydrogen) atoms. The molecule has 0 aliphatic carbocycles. The van der Waals surface area contributed by atoms with E-state index in [2.05, 4.69) is 20.1 Å². The molecule has 0 spiro atoms. The smallest absolute Gasteiger partial charge is 0.330 e. The van der Waals surface area contributed by atoms with Crippen LogP contribution in [-0.2, 0) is 19.1 Å². The lowest BCUT2D eigenvalue weighted by Crippen LogP contribution is -2.13. The van der Waals surface area contributed by atoms with Crippen LogP contribution in [0.1, 0.15) is 30.4 Å². The van der Waals surface area contributed by atoms with Crippen LogP contribution in [0.5, 0.6) is 11.5 Å². The van der Waals surface area contributed by atoms with Gasteiger partial charge in [-0.2, -0.15) is 0 Å². The number of carbonyl (C=O) groups excluding carboxylic acids is 2. The second-order valence-electron chi connectivity index (χ2n) is 6.48. The average Bonchev–Trinajstić information content (AvgIpc) is 2.81. The molecule has 0 amide bonds. The number of hydrogen-bond donors (Lipinski definition) is 0. The van der Waals surface area contributed by atoms with Crippen molar-refractivity contribution in [3.63, 3.8) is 0 Å². The Morgan fingerprint density at radius 1 is 0.774 bits per heavy atom. The molecule has 2 aromatic carbocycles. The van der Waals surface area contributed by atoms with Crippen molar-refractivity contribution in [2.45, 2.75) is 19.3 Å². The molecule has 0 unspecified atom stereocenters. The Labute approximate surface area is 183 Å². The maximum Gasteiger partial charge on any atom is 0.330 e. The van der Waals surface area contributed by atoms with Gasteiger partial charge in [0.15, 0.2) is 0 Å². The number of hydrogen-bond acceptors (Lipinski definition) is 6. The molecular formula is C25H28O6. The van der Waals surface area contributed by atoms with Crippen molar-refractivity contribution in [2.75, 3.05) is 26.4 Å². The zero-order chi connectivity index (χ0) is 22.5.